The van der Waals surface area contributed by atoms with Gasteiger partial charge in [-0.15, -0.1) is 23.5 Å². The number of hydrogen-bond acceptors (Lipinski definition) is 4. The van der Waals surface area contributed by atoms with Crippen molar-refractivity contribution in [3.05, 3.63) is 72.3 Å². The fourth-order valence-corrected chi connectivity index (χ4v) is 5.86. The Kier molecular flexibility index (Phi) is 5.37. The Bertz CT molecular complexity index is 923. The van der Waals surface area contributed by atoms with Gasteiger partial charge in [0.05, 0.1) is 4.58 Å². The molecule has 3 nitrogen and oxygen atoms in total. The topological polar surface area (TPSA) is 38.3 Å². The lowest BCUT2D eigenvalue weighted by atomic mass is 10.1. The number of anilines is 1. The van der Waals surface area contributed by atoms with E-state index in [1.165, 1.54) is 5.56 Å². The molecular formula is C21H19NO2S2. The van der Waals surface area contributed by atoms with E-state index in [2.05, 4.69) is 17.4 Å². The standard InChI is InChI=1S/C21H19NO2S2/c23-20(22-17-10-9-15-5-1-2-6-16(15)13-17)14-24-19-8-4-3-7-18(19)21-25-11-12-26-21/h1-10,13,21H,11-12,14H2,(H,22,23). The molecule has 1 saturated heterocycles. The molecule has 3 aromatic carbocycles. The summed E-state index contributed by atoms with van der Waals surface area (Å²) < 4.78 is 6.23. The number of nitrogens with one attached hydrogen (secondary N) is 1. The van der Waals surface area contributed by atoms with Crippen LogP contribution in [0.25, 0.3) is 10.8 Å². The molecule has 0 spiro atoms. The summed E-state index contributed by atoms with van der Waals surface area (Å²) in [5.41, 5.74) is 1.95. The molecule has 4 rings (SSSR count). The fourth-order valence-electron chi connectivity index (χ4n) is 2.95. The Morgan fingerprint density at radius 1 is 0.962 bits per heavy atom. The van der Waals surface area contributed by atoms with Gasteiger partial charge in [0.2, 0.25) is 0 Å². The molecule has 1 heterocycles. The van der Waals surface area contributed by atoms with Crippen LogP contribution in [0.3, 0.4) is 0 Å². The van der Waals surface area contributed by atoms with Crippen molar-refractivity contribution in [1.82, 2.24) is 0 Å². The molecule has 3 aromatic rings. The van der Waals surface area contributed by atoms with Crippen LogP contribution in [0.15, 0.2) is 66.7 Å². The summed E-state index contributed by atoms with van der Waals surface area (Å²) in [6.07, 6.45) is 0. The maximum atomic E-state index is 12.3. The van der Waals surface area contributed by atoms with Crippen LogP contribution in [0, 0.1) is 0 Å². The Morgan fingerprint density at radius 2 is 1.69 bits per heavy atom. The minimum absolute atomic E-state index is 0.00585. The van der Waals surface area contributed by atoms with E-state index >= 15 is 0 Å². The van der Waals surface area contributed by atoms with E-state index in [1.807, 2.05) is 78.1 Å². The second-order valence-corrected chi connectivity index (χ2v) is 8.73. The first kappa shape index (κ1) is 17.3. The molecule has 132 valence electrons. The van der Waals surface area contributed by atoms with Gasteiger partial charge in [-0.25, -0.2) is 0 Å². The molecule has 1 aliphatic heterocycles. The van der Waals surface area contributed by atoms with Gasteiger partial charge in [-0.3, -0.25) is 4.79 Å². The van der Waals surface area contributed by atoms with Crippen LogP contribution < -0.4 is 10.1 Å². The molecule has 26 heavy (non-hydrogen) atoms. The molecule has 0 unspecified atom stereocenters. The third-order valence-electron chi connectivity index (χ3n) is 4.19. The van der Waals surface area contributed by atoms with Crippen molar-refractivity contribution in [3.63, 3.8) is 0 Å². The number of benzene rings is 3. The van der Waals surface area contributed by atoms with Crippen LogP contribution in [0.2, 0.25) is 0 Å². The number of hydrogen-bond donors (Lipinski definition) is 1. The highest BCUT2D eigenvalue weighted by molar-refractivity contribution is 8.19. The lowest BCUT2D eigenvalue weighted by Gasteiger charge is -2.15. The van der Waals surface area contributed by atoms with Crippen molar-refractivity contribution in [2.75, 3.05) is 23.4 Å². The number of fused-ring (bicyclic) bond motifs is 1. The van der Waals surface area contributed by atoms with Crippen LogP contribution in [-0.2, 0) is 4.79 Å². The first-order valence-corrected chi connectivity index (χ1v) is 10.6. The van der Waals surface area contributed by atoms with E-state index in [0.717, 1.165) is 33.7 Å². The lowest BCUT2D eigenvalue weighted by Crippen LogP contribution is -2.20. The highest BCUT2D eigenvalue weighted by atomic mass is 32.2. The molecule has 1 fully saturated rings. The number of carbonyl (C=O) groups is 1. The van der Waals surface area contributed by atoms with Gasteiger partial charge >= 0.3 is 0 Å². The van der Waals surface area contributed by atoms with E-state index in [-0.39, 0.29) is 12.5 Å². The Labute approximate surface area is 161 Å². The number of rotatable bonds is 5. The maximum Gasteiger partial charge on any atom is 0.262 e. The van der Waals surface area contributed by atoms with Gasteiger partial charge in [0.1, 0.15) is 5.75 Å². The smallest absolute Gasteiger partial charge is 0.262 e. The first-order valence-electron chi connectivity index (χ1n) is 8.53. The van der Waals surface area contributed by atoms with E-state index in [0.29, 0.717) is 4.58 Å². The van der Waals surface area contributed by atoms with Crippen LogP contribution >= 0.6 is 23.5 Å². The largest absolute Gasteiger partial charge is 0.483 e. The van der Waals surface area contributed by atoms with Crippen molar-refractivity contribution in [1.29, 1.82) is 0 Å². The molecule has 5 heteroatoms. The van der Waals surface area contributed by atoms with Crippen LogP contribution in [0.5, 0.6) is 5.75 Å². The lowest BCUT2D eigenvalue weighted by molar-refractivity contribution is -0.118. The van der Waals surface area contributed by atoms with Crippen molar-refractivity contribution in [2.24, 2.45) is 0 Å². The molecular weight excluding hydrogens is 362 g/mol. The summed E-state index contributed by atoms with van der Waals surface area (Å²) in [5.74, 6) is 2.97. The molecule has 0 atom stereocenters. The summed E-state index contributed by atoms with van der Waals surface area (Å²) in [6.45, 7) is 0.00585. The highest BCUT2D eigenvalue weighted by Crippen LogP contribution is 2.48. The average Bonchev–Trinajstić information content (AvgIpc) is 3.21. The molecule has 0 aliphatic carbocycles. The fraction of sp³-hybridized carbons (Fsp3) is 0.190. The second-order valence-electron chi connectivity index (χ2n) is 6.01. The highest BCUT2D eigenvalue weighted by Gasteiger charge is 2.21. The van der Waals surface area contributed by atoms with Gasteiger partial charge in [-0.1, -0.05) is 48.5 Å². The summed E-state index contributed by atoms with van der Waals surface area (Å²) in [6, 6.07) is 22.0. The van der Waals surface area contributed by atoms with Gasteiger partial charge in [0.25, 0.3) is 5.91 Å². The minimum atomic E-state index is -0.151. The van der Waals surface area contributed by atoms with Gasteiger partial charge < -0.3 is 10.1 Å². The van der Waals surface area contributed by atoms with Gasteiger partial charge in [0.15, 0.2) is 6.61 Å². The van der Waals surface area contributed by atoms with Crippen LogP contribution in [-0.4, -0.2) is 24.0 Å². The SMILES string of the molecule is O=C(COc1ccccc1C1SCCS1)Nc1ccc2ccccc2c1. The van der Waals surface area contributed by atoms with E-state index < -0.39 is 0 Å². The number of thioether (sulfide) groups is 2. The molecule has 1 N–H and O–H groups in total. The zero-order valence-electron chi connectivity index (χ0n) is 14.2. The van der Waals surface area contributed by atoms with Crippen molar-refractivity contribution in [2.45, 2.75) is 4.58 Å². The molecule has 0 aromatic heterocycles. The summed E-state index contributed by atoms with van der Waals surface area (Å²) in [4.78, 5) is 12.3. The molecule has 1 amide bonds. The zero-order chi connectivity index (χ0) is 17.8. The van der Waals surface area contributed by atoms with Crippen molar-refractivity contribution >= 4 is 45.9 Å². The molecule has 0 bridgehead atoms. The van der Waals surface area contributed by atoms with E-state index in [1.54, 1.807) is 0 Å². The third kappa shape index (κ3) is 4.00. The molecule has 0 saturated carbocycles. The maximum absolute atomic E-state index is 12.3. The summed E-state index contributed by atoms with van der Waals surface area (Å²) in [7, 11) is 0. The van der Waals surface area contributed by atoms with E-state index in [4.69, 9.17) is 4.74 Å². The Balaban J connectivity index is 1.41. The third-order valence-corrected chi connectivity index (χ3v) is 7.25. The van der Waals surface area contributed by atoms with Crippen molar-refractivity contribution in [3.8, 4) is 5.75 Å². The average molecular weight is 382 g/mol. The quantitative estimate of drug-likeness (QED) is 0.648. The number of carbonyl (C=O) groups excluding carboxylic acids is 1. The number of para-hydroxylation sites is 1. The Hall–Kier alpha value is -2.11. The van der Waals surface area contributed by atoms with Gasteiger partial charge in [-0.2, -0.15) is 0 Å². The van der Waals surface area contributed by atoms with Crippen LogP contribution in [0.1, 0.15) is 10.1 Å². The normalized spacial score (nSPS) is 14.5. The molecule has 1 aliphatic rings. The zero-order valence-corrected chi connectivity index (χ0v) is 15.8. The molecule has 0 radical (unpaired) electrons. The van der Waals surface area contributed by atoms with E-state index in [9.17, 15) is 4.79 Å². The predicted octanol–water partition coefficient (Wildman–Crippen LogP) is 5.34. The predicted molar refractivity (Wildman–Crippen MR) is 112 cm³/mol. The second kappa shape index (κ2) is 8.06. The van der Waals surface area contributed by atoms with Gasteiger partial charge in [-0.05, 0) is 29.0 Å². The van der Waals surface area contributed by atoms with Crippen LogP contribution in [0.4, 0.5) is 5.69 Å². The summed E-state index contributed by atoms with van der Waals surface area (Å²) >= 11 is 3.86. The minimum Gasteiger partial charge on any atom is -0.483 e. The monoisotopic (exact) mass is 381 g/mol. The van der Waals surface area contributed by atoms with Gasteiger partial charge in [0, 0.05) is 22.8 Å². The van der Waals surface area contributed by atoms with Crippen molar-refractivity contribution < 1.29 is 9.53 Å². The number of amides is 1. The first-order chi connectivity index (χ1) is 12.8. The summed E-state index contributed by atoms with van der Waals surface area (Å²) in [5, 5.41) is 5.18. The Morgan fingerprint density at radius 3 is 2.54 bits per heavy atom. The number of ether oxygens (including phenoxy) is 1.